The molecule has 0 spiro atoms. The molecule has 1 N–H and O–H groups in total. The number of halogens is 4. The average Bonchev–Trinajstić information content (AvgIpc) is 2.57. The van der Waals surface area contributed by atoms with E-state index in [4.69, 9.17) is 0 Å². The molecule has 0 bridgehead atoms. The van der Waals surface area contributed by atoms with Gasteiger partial charge in [0.2, 0.25) is 5.78 Å². The highest BCUT2D eigenvalue weighted by Crippen LogP contribution is 2.32. The number of ketones is 1. The van der Waals surface area contributed by atoms with Crippen molar-refractivity contribution in [2.45, 2.75) is 0 Å². The van der Waals surface area contributed by atoms with Crippen LogP contribution in [0.1, 0.15) is 11.1 Å². The highest BCUT2D eigenvalue weighted by atomic mass is 32.1. The average molecular weight is 351 g/mol. The molecule has 3 rings (SSSR count). The summed E-state index contributed by atoms with van der Waals surface area (Å²) >= 11 is 4.09. The number of rotatable bonds is 2. The SMILES string of the molecule is O=C1C(S)=Cc2ccccc2/C1=C/Nc1cc(F)c(F)c(F)c1F. The van der Waals surface area contributed by atoms with Crippen molar-refractivity contribution in [3.05, 3.63) is 75.8 Å². The summed E-state index contributed by atoms with van der Waals surface area (Å²) in [6.07, 6.45) is 2.69. The number of fused-ring (bicyclic) bond motifs is 1. The number of anilines is 1. The van der Waals surface area contributed by atoms with Crippen LogP contribution in [-0.4, -0.2) is 5.78 Å². The van der Waals surface area contributed by atoms with Gasteiger partial charge in [0.15, 0.2) is 23.3 Å². The van der Waals surface area contributed by atoms with E-state index in [1.54, 1.807) is 30.3 Å². The van der Waals surface area contributed by atoms with Crippen LogP contribution >= 0.6 is 12.6 Å². The Labute approximate surface area is 139 Å². The van der Waals surface area contributed by atoms with Crippen LogP contribution in [0.3, 0.4) is 0 Å². The number of allylic oxidation sites excluding steroid dienone is 2. The number of thiol groups is 1. The third-order valence-corrected chi connectivity index (χ3v) is 3.83. The molecule has 0 atom stereocenters. The van der Waals surface area contributed by atoms with Gasteiger partial charge >= 0.3 is 0 Å². The standard InChI is InChI=1S/C17H9F4NOS/c18-11-6-12(15(20)16(21)14(11)19)22-7-10-9-4-2-1-3-8(9)5-13(24)17(10)23/h1-7,22,24H/b10-7-. The van der Waals surface area contributed by atoms with Gasteiger partial charge in [0.1, 0.15) is 0 Å². The van der Waals surface area contributed by atoms with E-state index >= 15 is 0 Å². The van der Waals surface area contributed by atoms with E-state index in [0.29, 0.717) is 17.2 Å². The van der Waals surface area contributed by atoms with Gasteiger partial charge in [0.25, 0.3) is 0 Å². The maximum atomic E-state index is 13.7. The molecule has 0 aromatic heterocycles. The van der Waals surface area contributed by atoms with Gasteiger partial charge in [-0.3, -0.25) is 4.79 Å². The van der Waals surface area contributed by atoms with Gasteiger partial charge < -0.3 is 5.32 Å². The predicted molar refractivity (Wildman–Crippen MR) is 86.3 cm³/mol. The summed E-state index contributed by atoms with van der Waals surface area (Å²) in [7, 11) is 0. The Morgan fingerprint density at radius 1 is 1.00 bits per heavy atom. The lowest BCUT2D eigenvalue weighted by Crippen LogP contribution is -2.10. The molecule has 7 heteroatoms. The Bertz CT molecular complexity index is 921. The molecular formula is C17H9F4NOS. The minimum atomic E-state index is -1.93. The van der Waals surface area contributed by atoms with E-state index < -0.39 is 34.7 Å². The molecule has 24 heavy (non-hydrogen) atoms. The highest BCUT2D eigenvalue weighted by Gasteiger charge is 2.23. The third-order valence-electron chi connectivity index (χ3n) is 3.50. The number of hydrogen-bond acceptors (Lipinski definition) is 3. The number of benzene rings is 2. The van der Waals surface area contributed by atoms with E-state index in [-0.39, 0.29) is 10.5 Å². The van der Waals surface area contributed by atoms with Crippen molar-refractivity contribution >= 4 is 35.7 Å². The summed E-state index contributed by atoms with van der Waals surface area (Å²) < 4.78 is 53.1. The zero-order valence-electron chi connectivity index (χ0n) is 11.9. The van der Waals surface area contributed by atoms with Crippen molar-refractivity contribution in [1.82, 2.24) is 0 Å². The van der Waals surface area contributed by atoms with Gasteiger partial charge in [-0.05, 0) is 17.2 Å². The molecule has 0 amide bonds. The van der Waals surface area contributed by atoms with Gasteiger partial charge in [-0.15, -0.1) is 12.6 Å². The largest absolute Gasteiger partial charge is 0.358 e. The topological polar surface area (TPSA) is 29.1 Å². The van der Waals surface area contributed by atoms with E-state index in [1.165, 1.54) is 0 Å². The van der Waals surface area contributed by atoms with Crippen LogP contribution in [-0.2, 0) is 4.79 Å². The van der Waals surface area contributed by atoms with Crippen LogP contribution < -0.4 is 5.32 Å². The highest BCUT2D eigenvalue weighted by molar-refractivity contribution is 7.86. The molecule has 2 nitrogen and oxygen atoms in total. The molecule has 1 aliphatic rings. The lowest BCUT2D eigenvalue weighted by atomic mass is 9.92. The first-order chi connectivity index (χ1) is 11.4. The number of hydrogen-bond donors (Lipinski definition) is 2. The number of nitrogens with one attached hydrogen (secondary N) is 1. The van der Waals surface area contributed by atoms with Gasteiger partial charge in [0, 0.05) is 17.8 Å². The Hall–Kier alpha value is -2.54. The molecule has 0 aliphatic heterocycles. The maximum Gasteiger partial charge on any atom is 0.201 e. The number of carbonyl (C=O) groups is 1. The van der Waals surface area contributed by atoms with Gasteiger partial charge in [-0.2, -0.15) is 0 Å². The number of Topliss-reactive ketones (excluding diaryl/α,β-unsaturated/α-hetero) is 1. The molecule has 2 aromatic carbocycles. The fourth-order valence-electron chi connectivity index (χ4n) is 2.31. The first-order valence-corrected chi connectivity index (χ1v) is 7.19. The van der Waals surface area contributed by atoms with Crippen LogP contribution in [0.5, 0.6) is 0 Å². The molecule has 0 heterocycles. The second kappa shape index (κ2) is 6.16. The third kappa shape index (κ3) is 2.71. The van der Waals surface area contributed by atoms with E-state index in [9.17, 15) is 22.4 Å². The van der Waals surface area contributed by atoms with Crippen molar-refractivity contribution in [3.63, 3.8) is 0 Å². The van der Waals surface area contributed by atoms with Gasteiger partial charge in [-0.1, -0.05) is 24.3 Å². The maximum absolute atomic E-state index is 13.7. The quantitative estimate of drug-likeness (QED) is 0.273. The minimum Gasteiger partial charge on any atom is -0.358 e. The van der Waals surface area contributed by atoms with Crippen molar-refractivity contribution in [3.8, 4) is 0 Å². The van der Waals surface area contributed by atoms with E-state index in [2.05, 4.69) is 17.9 Å². The molecule has 2 aromatic rings. The molecule has 0 radical (unpaired) electrons. The van der Waals surface area contributed by atoms with Crippen LogP contribution in [0, 0.1) is 23.3 Å². The summed E-state index contributed by atoms with van der Waals surface area (Å²) in [5.41, 5.74) is 0.783. The van der Waals surface area contributed by atoms with Crippen molar-refractivity contribution in [2.75, 3.05) is 5.32 Å². The van der Waals surface area contributed by atoms with Gasteiger partial charge in [-0.25, -0.2) is 17.6 Å². The Morgan fingerprint density at radius 2 is 1.71 bits per heavy atom. The first-order valence-electron chi connectivity index (χ1n) is 6.74. The van der Waals surface area contributed by atoms with Crippen molar-refractivity contribution < 1.29 is 22.4 Å². The van der Waals surface area contributed by atoms with Gasteiger partial charge in [0.05, 0.1) is 10.6 Å². The van der Waals surface area contributed by atoms with Crippen LogP contribution in [0.25, 0.3) is 11.6 Å². The van der Waals surface area contributed by atoms with Crippen LogP contribution in [0.2, 0.25) is 0 Å². The fraction of sp³-hybridized carbons (Fsp3) is 0. The lowest BCUT2D eigenvalue weighted by molar-refractivity contribution is -0.109. The summed E-state index contributed by atoms with van der Waals surface area (Å²) in [6.45, 7) is 0. The fourth-order valence-corrected chi connectivity index (χ4v) is 2.57. The second-order valence-corrected chi connectivity index (χ2v) is 5.48. The summed E-state index contributed by atoms with van der Waals surface area (Å²) in [5.74, 6) is -7.39. The Kier molecular flexibility index (Phi) is 4.19. The van der Waals surface area contributed by atoms with E-state index in [0.717, 1.165) is 6.20 Å². The predicted octanol–water partition coefficient (Wildman–Crippen LogP) is 4.55. The lowest BCUT2D eigenvalue weighted by Gasteiger charge is -2.16. The number of carbonyl (C=O) groups excluding carboxylic acids is 1. The normalized spacial score (nSPS) is 15.3. The Balaban J connectivity index is 2.04. The van der Waals surface area contributed by atoms with Crippen LogP contribution in [0.15, 0.2) is 41.4 Å². The molecule has 0 unspecified atom stereocenters. The zero-order valence-corrected chi connectivity index (χ0v) is 12.8. The minimum absolute atomic E-state index is 0.141. The first kappa shape index (κ1) is 16.3. The smallest absolute Gasteiger partial charge is 0.201 e. The Morgan fingerprint density at radius 3 is 2.46 bits per heavy atom. The molecule has 1 aliphatic carbocycles. The molecule has 0 saturated carbocycles. The van der Waals surface area contributed by atoms with Crippen LogP contribution in [0.4, 0.5) is 23.2 Å². The zero-order chi connectivity index (χ0) is 17.4. The molecule has 0 saturated heterocycles. The van der Waals surface area contributed by atoms with Crippen molar-refractivity contribution in [2.24, 2.45) is 0 Å². The summed E-state index contributed by atoms with van der Waals surface area (Å²) in [6, 6.07) is 7.36. The molecular weight excluding hydrogens is 342 g/mol. The monoisotopic (exact) mass is 351 g/mol. The molecule has 0 fully saturated rings. The second-order valence-electron chi connectivity index (χ2n) is 5.00. The van der Waals surface area contributed by atoms with Crippen molar-refractivity contribution in [1.29, 1.82) is 0 Å². The summed E-state index contributed by atoms with van der Waals surface area (Å²) in [5, 5.41) is 2.32. The summed E-state index contributed by atoms with van der Waals surface area (Å²) in [4.78, 5) is 12.4. The van der Waals surface area contributed by atoms with E-state index in [1.807, 2.05) is 0 Å². The molecule has 122 valence electrons.